The number of hydrogen-bond donors (Lipinski definition) is 0. The Balaban J connectivity index is 1.57. The molecule has 0 bridgehead atoms. The van der Waals surface area contributed by atoms with E-state index in [0.29, 0.717) is 0 Å². The van der Waals surface area contributed by atoms with E-state index in [9.17, 15) is 0 Å². The number of para-hydroxylation sites is 3. The van der Waals surface area contributed by atoms with Crippen LogP contribution in [0.4, 0.5) is 0 Å². The monoisotopic (exact) mass is 458 g/mol. The predicted octanol–water partition coefficient (Wildman–Crippen LogP) is 9.03. The summed E-state index contributed by atoms with van der Waals surface area (Å²) in [5, 5.41) is 7.69. The Labute approximate surface area is 208 Å². The van der Waals surface area contributed by atoms with Gasteiger partial charge in [-0.1, -0.05) is 84.9 Å². The van der Waals surface area contributed by atoms with Gasteiger partial charge in [-0.05, 0) is 59.3 Å². The van der Waals surface area contributed by atoms with Crippen molar-refractivity contribution in [3.05, 3.63) is 133 Å². The minimum atomic E-state index is 1.18. The molecule has 2 aromatic heterocycles. The fourth-order valence-corrected chi connectivity index (χ4v) is 5.97. The minimum Gasteiger partial charge on any atom is -0.309 e. The Morgan fingerprint density at radius 1 is 0.333 bits per heavy atom. The quantitative estimate of drug-likeness (QED) is 0.244. The Morgan fingerprint density at radius 2 is 0.861 bits per heavy atom. The molecule has 0 amide bonds. The van der Waals surface area contributed by atoms with Crippen molar-refractivity contribution >= 4 is 54.4 Å². The molecule has 0 aliphatic heterocycles. The molecule has 0 spiro atoms. The molecule has 0 N–H and O–H groups in total. The molecule has 0 atom stereocenters. The minimum absolute atomic E-state index is 1.18. The van der Waals surface area contributed by atoms with Gasteiger partial charge in [-0.3, -0.25) is 0 Å². The van der Waals surface area contributed by atoms with Crippen LogP contribution >= 0.6 is 0 Å². The summed E-state index contributed by atoms with van der Waals surface area (Å²) in [6.45, 7) is 0. The summed E-state index contributed by atoms with van der Waals surface area (Å²) in [6, 6.07) is 48.2. The standard InChI is InChI=1S/C34H22N2/c1-2-12-25(13-3-1)35-29-16-8-6-14-27(29)33-31(35)20-21-32-34(33)28-15-7-9-17-30(28)36(32)26-19-18-23-10-4-5-11-24(23)22-26/h1-22H. The number of rotatable bonds is 2. The average Bonchev–Trinajstić information content (AvgIpc) is 3.46. The summed E-state index contributed by atoms with van der Waals surface area (Å²) >= 11 is 0. The van der Waals surface area contributed by atoms with Gasteiger partial charge in [-0.15, -0.1) is 0 Å². The van der Waals surface area contributed by atoms with Gasteiger partial charge in [0.25, 0.3) is 0 Å². The number of benzene rings is 6. The summed E-state index contributed by atoms with van der Waals surface area (Å²) in [6.07, 6.45) is 0. The summed E-state index contributed by atoms with van der Waals surface area (Å²) in [4.78, 5) is 0. The summed E-state index contributed by atoms with van der Waals surface area (Å²) in [5.41, 5.74) is 7.29. The van der Waals surface area contributed by atoms with E-state index >= 15 is 0 Å². The zero-order valence-electron chi connectivity index (χ0n) is 19.6. The first-order valence-electron chi connectivity index (χ1n) is 12.4. The molecule has 2 heteroatoms. The molecular formula is C34H22N2. The zero-order valence-corrected chi connectivity index (χ0v) is 19.6. The lowest BCUT2D eigenvalue weighted by Gasteiger charge is -2.10. The zero-order chi connectivity index (χ0) is 23.6. The molecule has 0 aliphatic rings. The molecule has 0 radical (unpaired) electrons. The lowest BCUT2D eigenvalue weighted by Crippen LogP contribution is -1.94. The molecule has 8 rings (SSSR count). The summed E-state index contributed by atoms with van der Waals surface area (Å²) in [5.74, 6) is 0. The molecule has 0 unspecified atom stereocenters. The van der Waals surface area contributed by atoms with E-state index in [1.807, 2.05) is 0 Å². The van der Waals surface area contributed by atoms with Crippen LogP contribution in [0.2, 0.25) is 0 Å². The number of nitrogens with zero attached hydrogens (tertiary/aromatic N) is 2. The van der Waals surface area contributed by atoms with Gasteiger partial charge in [0.05, 0.1) is 22.1 Å². The number of hydrogen-bond acceptors (Lipinski definition) is 0. The van der Waals surface area contributed by atoms with Crippen molar-refractivity contribution in [3.63, 3.8) is 0 Å². The van der Waals surface area contributed by atoms with Crippen molar-refractivity contribution in [2.45, 2.75) is 0 Å². The van der Waals surface area contributed by atoms with E-state index in [0.717, 1.165) is 0 Å². The van der Waals surface area contributed by atoms with E-state index in [1.54, 1.807) is 0 Å². The lowest BCUT2D eigenvalue weighted by atomic mass is 10.1. The Bertz CT molecular complexity index is 2090. The molecule has 2 heterocycles. The highest BCUT2D eigenvalue weighted by Gasteiger charge is 2.20. The van der Waals surface area contributed by atoms with Crippen LogP contribution in [0.5, 0.6) is 0 Å². The number of aromatic nitrogens is 2. The van der Waals surface area contributed by atoms with Gasteiger partial charge in [-0.25, -0.2) is 0 Å². The van der Waals surface area contributed by atoms with Crippen molar-refractivity contribution in [1.82, 2.24) is 9.13 Å². The van der Waals surface area contributed by atoms with Crippen LogP contribution in [0.3, 0.4) is 0 Å². The highest BCUT2D eigenvalue weighted by atomic mass is 15.0. The van der Waals surface area contributed by atoms with Crippen LogP contribution < -0.4 is 0 Å². The number of fused-ring (bicyclic) bond motifs is 8. The van der Waals surface area contributed by atoms with Crippen LogP contribution in [0.25, 0.3) is 65.8 Å². The van der Waals surface area contributed by atoms with Crippen molar-refractivity contribution in [2.24, 2.45) is 0 Å². The molecule has 0 aliphatic carbocycles. The first-order chi connectivity index (χ1) is 17.9. The first kappa shape index (κ1) is 19.5. The van der Waals surface area contributed by atoms with Crippen LogP contribution in [0, 0.1) is 0 Å². The van der Waals surface area contributed by atoms with Gasteiger partial charge in [0.2, 0.25) is 0 Å². The fourth-order valence-electron chi connectivity index (χ4n) is 5.97. The van der Waals surface area contributed by atoms with Gasteiger partial charge < -0.3 is 9.13 Å². The SMILES string of the molecule is c1ccc(-n2c3ccccc3c3c4c5ccccc5n(-c5ccc6ccccc6c5)c4ccc32)cc1. The van der Waals surface area contributed by atoms with Crippen LogP contribution in [-0.4, -0.2) is 9.13 Å². The molecule has 2 nitrogen and oxygen atoms in total. The predicted molar refractivity (Wildman–Crippen MR) is 153 cm³/mol. The Hall–Kier alpha value is -4.82. The third-order valence-corrected chi connectivity index (χ3v) is 7.48. The van der Waals surface area contributed by atoms with Crippen molar-refractivity contribution < 1.29 is 0 Å². The molecular weight excluding hydrogens is 436 g/mol. The van der Waals surface area contributed by atoms with Crippen molar-refractivity contribution in [2.75, 3.05) is 0 Å². The Morgan fingerprint density at radius 3 is 1.53 bits per heavy atom. The summed E-state index contributed by atoms with van der Waals surface area (Å²) < 4.78 is 4.82. The van der Waals surface area contributed by atoms with Gasteiger partial charge >= 0.3 is 0 Å². The smallest absolute Gasteiger partial charge is 0.0548 e. The molecule has 0 fully saturated rings. The van der Waals surface area contributed by atoms with Crippen LogP contribution in [-0.2, 0) is 0 Å². The molecule has 6 aromatic carbocycles. The van der Waals surface area contributed by atoms with Gasteiger partial charge in [0.15, 0.2) is 0 Å². The average molecular weight is 459 g/mol. The molecule has 0 saturated carbocycles. The van der Waals surface area contributed by atoms with E-state index in [1.165, 1.54) is 65.8 Å². The lowest BCUT2D eigenvalue weighted by molar-refractivity contribution is 1.17. The van der Waals surface area contributed by atoms with Crippen molar-refractivity contribution in [3.8, 4) is 11.4 Å². The second-order valence-electron chi connectivity index (χ2n) is 9.43. The van der Waals surface area contributed by atoms with Crippen molar-refractivity contribution in [1.29, 1.82) is 0 Å². The normalized spacial score (nSPS) is 11.9. The van der Waals surface area contributed by atoms with Crippen LogP contribution in [0.1, 0.15) is 0 Å². The second kappa shape index (κ2) is 7.34. The van der Waals surface area contributed by atoms with E-state index in [2.05, 4.69) is 143 Å². The van der Waals surface area contributed by atoms with Crippen LogP contribution in [0.15, 0.2) is 133 Å². The van der Waals surface area contributed by atoms with E-state index in [-0.39, 0.29) is 0 Å². The third-order valence-electron chi connectivity index (χ3n) is 7.48. The van der Waals surface area contributed by atoms with E-state index in [4.69, 9.17) is 0 Å². The topological polar surface area (TPSA) is 9.86 Å². The maximum Gasteiger partial charge on any atom is 0.0548 e. The summed E-state index contributed by atoms with van der Waals surface area (Å²) in [7, 11) is 0. The maximum atomic E-state index is 2.42. The van der Waals surface area contributed by atoms with Gasteiger partial charge in [0.1, 0.15) is 0 Å². The third kappa shape index (κ3) is 2.61. The largest absolute Gasteiger partial charge is 0.309 e. The van der Waals surface area contributed by atoms with Gasteiger partial charge in [0, 0.05) is 32.9 Å². The fraction of sp³-hybridized carbons (Fsp3) is 0. The molecule has 36 heavy (non-hydrogen) atoms. The van der Waals surface area contributed by atoms with Gasteiger partial charge in [-0.2, -0.15) is 0 Å². The second-order valence-corrected chi connectivity index (χ2v) is 9.43. The maximum absolute atomic E-state index is 2.42. The molecule has 8 aromatic rings. The highest BCUT2D eigenvalue weighted by molar-refractivity contribution is 6.28. The first-order valence-corrected chi connectivity index (χ1v) is 12.4. The Kier molecular flexibility index (Phi) is 3.97. The molecule has 0 saturated heterocycles. The van der Waals surface area contributed by atoms with E-state index < -0.39 is 0 Å². The highest BCUT2D eigenvalue weighted by Crippen LogP contribution is 2.42. The molecule has 168 valence electrons.